The molecule has 84 valence electrons. The lowest BCUT2D eigenvalue weighted by atomic mass is 10.2. The van der Waals surface area contributed by atoms with Crippen LogP contribution in [0.25, 0.3) is 0 Å². The van der Waals surface area contributed by atoms with Crippen LogP contribution in [-0.2, 0) is 6.54 Å². The van der Waals surface area contributed by atoms with Crippen LogP contribution in [0.5, 0.6) is 0 Å². The van der Waals surface area contributed by atoms with Crippen molar-refractivity contribution in [2.75, 3.05) is 5.32 Å². The molecule has 0 aliphatic rings. The van der Waals surface area contributed by atoms with Crippen LogP contribution >= 0.6 is 15.9 Å². The molecule has 0 unspecified atom stereocenters. The molecule has 1 aromatic carbocycles. The Kier molecular flexibility index (Phi) is 3.29. The van der Waals surface area contributed by atoms with Crippen molar-refractivity contribution in [3.8, 4) is 0 Å². The fraction of sp³-hybridized carbons (Fsp3) is 0.167. The van der Waals surface area contributed by atoms with Crippen molar-refractivity contribution in [3.63, 3.8) is 0 Å². The highest BCUT2D eigenvalue weighted by molar-refractivity contribution is 9.10. The fourth-order valence-corrected chi connectivity index (χ4v) is 1.79. The minimum atomic E-state index is -0.220. The number of nitrogens with one attached hydrogen (secondary N) is 1. The maximum absolute atomic E-state index is 12.9. The van der Waals surface area contributed by atoms with Crippen molar-refractivity contribution in [2.24, 2.45) is 0 Å². The van der Waals surface area contributed by atoms with Crippen LogP contribution in [0.1, 0.15) is 11.3 Å². The van der Waals surface area contributed by atoms with Gasteiger partial charge in [-0.15, -0.1) is 0 Å². The summed E-state index contributed by atoms with van der Waals surface area (Å²) in [4.78, 5) is 0. The lowest BCUT2D eigenvalue weighted by Crippen LogP contribution is -2.00. The number of rotatable bonds is 3. The molecule has 16 heavy (non-hydrogen) atoms. The zero-order chi connectivity index (χ0) is 11.5. The van der Waals surface area contributed by atoms with Crippen LogP contribution < -0.4 is 5.32 Å². The van der Waals surface area contributed by atoms with Gasteiger partial charge in [0.2, 0.25) is 0 Å². The number of benzene rings is 1. The lowest BCUT2D eigenvalue weighted by molar-refractivity contribution is 0.516. The van der Waals surface area contributed by atoms with E-state index in [1.165, 1.54) is 12.1 Å². The molecule has 1 N–H and O–H groups in total. The second kappa shape index (κ2) is 4.70. The summed E-state index contributed by atoms with van der Waals surface area (Å²) < 4.78 is 19.1. The average molecular weight is 284 g/mol. The average Bonchev–Trinajstić information content (AvgIpc) is 2.63. The van der Waals surface area contributed by atoms with Gasteiger partial charge in [0.15, 0.2) is 0 Å². The standard InChI is InChI=1S/C12H11BrFNO/c1-8-6-9(14)2-3-11(8)15-7-12-10(13)4-5-16-12/h2-6,15H,7H2,1H3. The molecule has 0 spiro atoms. The summed E-state index contributed by atoms with van der Waals surface area (Å²) in [7, 11) is 0. The van der Waals surface area contributed by atoms with Gasteiger partial charge < -0.3 is 9.73 Å². The summed E-state index contributed by atoms with van der Waals surface area (Å²) in [6.07, 6.45) is 1.62. The zero-order valence-corrected chi connectivity index (χ0v) is 10.3. The van der Waals surface area contributed by atoms with Gasteiger partial charge in [-0.05, 0) is 52.7 Å². The summed E-state index contributed by atoms with van der Waals surface area (Å²) in [6.45, 7) is 2.43. The molecule has 1 aromatic heterocycles. The third-order valence-corrected chi connectivity index (χ3v) is 3.03. The Bertz CT molecular complexity index is 496. The van der Waals surface area contributed by atoms with E-state index in [4.69, 9.17) is 4.42 Å². The van der Waals surface area contributed by atoms with Crippen molar-refractivity contribution >= 4 is 21.6 Å². The molecule has 0 amide bonds. The van der Waals surface area contributed by atoms with Gasteiger partial charge in [-0.2, -0.15) is 0 Å². The second-order valence-corrected chi connectivity index (χ2v) is 4.36. The third kappa shape index (κ3) is 2.44. The van der Waals surface area contributed by atoms with Crippen LogP contribution in [0, 0.1) is 12.7 Å². The third-order valence-electron chi connectivity index (χ3n) is 2.32. The fourth-order valence-electron chi connectivity index (χ4n) is 1.45. The predicted octanol–water partition coefficient (Wildman–Crippen LogP) is 4.10. The summed E-state index contributed by atoms with van der Waals surface area (Å²) >= 11 is 3.38. The van der Waals surface area contributed by atoms with Crippen LogP contribution in [0.4, 0.5) is 10.1 Å². The molecular weight excluding hydrogens is 273 g/mol. The highest BCUT2D eigenvalue weighted by Gasteiger charge is 2.04. The maximum atomic E-state index is 12.9. The lowest BCUT2D eigenvalue weighted by Gasteiger charge is -2.08. The molecule has 0 radical (unpaired) electrons. The Morgan fingerprint density at radius 2 is 2.19 bits per heavy atom. The van der Waals surface area contributed by atoms with Crippen LogP contribution in [0.15, 0.2) is 39.4 Å². The summed E-state index contributed by atoms with van der Waals surface area (Å²) in [5, 5.41) is 3.19. The summed E-state index contributed by atoms with van der Waals surface area (Å²) in [6, 6.07) is 6.50. The van der Waals surface area contributed by atoms with Crippen molar-refractivity contribution in [3.05, 3.63) is 52.1 Å². The number of furan rings is 1. The number of hydrogen-bond donors (Lipinski definition) is 1. The van der Waals surface area contributed by atoms with Gasteiger partial charge >= 0.3 is 0 Å². The maximum Gasteiger partial charge on any atom is 0.136 e. The van der Waals surface area contributed by atoms with E-state index in [-0.39, 0.29) is 5.82 Å². The van der Waals surface area contributed by atoms with E-state index >= 15 is 0 Å². The molecule has 0 aliphatic carbocycles. The number of halogens is 2. The van der Waals surface area contributed by atoms with Crippen LogP contribution in [0.2, 0.25) is 0 Å². The molecule has 2 aromatic rings. The van der Waals surface area contributed by atoms with Gasteiger partial charge in [-0.25, -0.2) is 4.39 Å². The minimum absolute atomic E-state index is 0.220. The monoisotopic (exact) mass is 283 g/mol. The second-order valence-electron chi connectivity index (χ2n) is 3.50. The van der Waals surface area contributed by atoms with Crippen molar-refractivity contribution in [2.45, 2.75) is 13.5 Å². The van der Waals surface area contributed by atoms with Crippen molar-refractivity contribution < 1.29 is 8.81 Å². The van der Waals surface area contributed by atoms with Gasteiger partial charge in [0.1, 0.15) is 11.6 Å². The normalized spacial score (nSPS) is 10.4. The topological polar surface area (TPSA) is 25.2 Å². The zero-order valence-electron chi connectivity index (χ0n) is 8.76. The van der Waals surface area contributed by atoms with E-state index in [1.807, 2.05) is 13.0 Å². The molecule has 4 heteroatoms. The number of hydrogen-bond acceptors (Lipinski definition) is 2. The van der Waals surface area contributed by atoms with E-state index in [0.717, 1.165) is 21.5 Å². The van der Waals surface area contributed by atoms with Crippen molar-refractivity contribution in [1.82, 2.24) is 0 Å². The smallest absolute Gasteiger partial charge is 0.136 e. The Morgan fingerprint density at radius 1 is 1.38 bits per heavy atom. The Hall–Kier alpha value is -1.29. The minimum Gasteiger partial charge on any atom is -0.466 e. The molecule has 0 aliphatic heterocycles. The first-order chi connectivity index (χ1) is 7.66. The summed E-state index contributed by atoms with van der Waals surface area (Å²) in [5.41, 5.74) is 1.78. The quantitative estimate of drug-likeness (QED) is 0.917. The van der Waals surface area contributed by atoms with Crippen molar-refractivity contribution in [1.29, 1.82) is 0 Å². The molecule has 0 bridgehead atoms. The van der Waals surface area contributed by atoms with Gasteiger partial charge in [-0.3, -0.25) is 0 Å². The number of aryl methyl sites for hydroxylation is 1. The molecule has 0 atom stereocenters. The predicted molar refractivity (Wildman–Crippen MR) is 64.9 cm³/mol. The highest BCUT2D eigenvalue weighted by Crippen LogP contribution is 2.21. The highest BCUT2D eigenvalue weighted by atomic mass is 79.9. The molecule has 2 rings (SSSR count). The van der Waals surface area contributed by atoms with Gasteiger partial charge in [0.05, 0.1) is 17.3 Å². The van der Waals surface area contributed by atoms with E-state index in [2.05, 4.69) is 21.2 Å². The molecule has 2 nitrogen and oxygen atoms in total. The first kappa shape index (κ1) is 11.2. The first-order valence-electron chi connectivity index (χ1n) is 4.88. The van der Waals surface area contributed by atoms with Crippen LogP contribution in [0.3, 0.4) is 0 Å². The van der Waals surface area contributed by atoms with Gasteiger partial charge in [0.25, 0.3) is 0 Å². The SMILES string of the molecule is Cc1cc(F)ccc1NCc1occc1Br. The Balaban J connectivity index is 2.08. The molecule has 0 fully saturated rings. The summed E-state index contributed by atoms with van der Waals surface area (Å²) in [5.74, 6) is 0.603. The van der Waals surface area contributed by atoms with E-state index < -0.39 is 0 Å². The first-order valence-corrected chi connectivity index (χ1v) is 5.68. The van der Waals surface area contributed by atoms with Crippen LogP contribution in [-0.4, -0.2) is 0 Å². The Labute approximate surface area is 102 Å². The Morgan fingerprint density at radius 3 is 2.81 bits per heavy atom. The molecule has 0 saturated heterocycles. The van der Waals surface area contributed by atoms with E-state index in [9.17, 15) is 4.39 Å². The van der Waals surface area contributed by atoms with E-state index in [0.29, 0.717) is 6.54 Å². The molecule has 0 saturated carbocycles. The van der Waals surface area contributed by atoms with Gasteiger partial charge in [-0.1, -0.05) is 0 Å². The molecular formula is C12H11BrFNO. The molecule has 1 heterocycles. The van der Waals surface area contributed by atoms with Gasteiger partial charge in [0, 0.05) is 5.69 Å². The number of anilines is 1. The largest absolute Gasteiger partial charge is 0.466 e. The van der Waals surface area contributed by atoms with E-state index in [1.54, 1.807) is 12.3 Å².